The lowest BCUT2D eigenvalue weighted by Crippen LogP contribution is -2.30. The second-order valence-electron chi connectivity index (χ2n) is 6.57. The van der Waals surface area contributed by atoms with Gasteiger partial charge < -0.3 is 14.8 Å². The maximum Gasteiger partial charge on any atom is 0.339 e. The summed E-state index contributed by atoms with van der Waals surface area (Å²) >= 11 is 0. The van der Waals surface area contributed by atoms with E-state index in [1.165, 1.54) is 44.4 Å². The third-order valence-corrected chi connectivity index (χ3v) is 5.46. The van der Waals surface area contributed by atoms with Crippen molar-refractivity contribution in [2.24, 2.45) is 0 Å². The van der Waals surface area contributed by atoms with Gasteiger partial charge in [0.05, 0.1) is 17.6 Å². The highest BCUT2D eigenvalue weighted by Crippen LogP contribution is 2.16. The first-order valence-electron chi connectivity index (χ1n) is 8.90. The molecule has 8 nitrogen and oxygen atoms in total. The van der Waals surface area contributed by atoms with Gasteiger partial charge in [-0.1, -0.05) is 6.07 Å². The van der Waals surface area contributed by atoms with E-state index in [9.17, 15) is 18.0 Å². The molecule has 1 atom stereocenters. The smallest absolute Gasteiger partial charge is 0.339 e. The van der Waals surface area contributed by atoms with Crippen molar-refractivity contribution in [3.63, 3.8) is 0 Å². The molecular weight excluding hydrogens is 396 g/mol. The molecular formula is C20H24N2O6S. The Bertz CT molecular complexity index is 971. The van der Waals surface area contributed by atoms with Crippen LogP contribution in [0.1, 0.15) is 31.1 Å². The minimum Gasteiger partial charge on any atom is -0.497 e. The van der Waals surface area contributed by atoms with Crippen LogP contribution in [0.2, 0.25) is 0 Å². The zero-order valence-electron chi connectivity index (χ0n) is 16.6. The van der Waals surface area contributed by atoms with Crippen molar-refractivity contribution in [1.29, 1.82) is 0 Å². The molecule has 0 spiro atoms. The number of methoxy groups -OCH3 is 1. The highest BCUT2D eigenvalue weighted by atomic mass is 32.2. The predicted octanol–water partition coefficient (Wildman–Crippen LogP) is 2.57. The number of anilines is 1. The van der Waals surface area contributed by atoms with Crippen LogP contribution in [0.4, 0.5) is 5.69 Å². The van der Waals surface area contributed by atoms with Gasteiger partial charge in [-0.15, -0.1) is 0 Å². The van der Waals surface area contributed by atoms with E-state index < -0.39 is 28.0 Å². The molecule has 0 fully saturated rings. The Labute approximate surface area is 170 Å². The van der Waals surface area contributed by atoms with Crippen LogP contribution in [-0.4, -0.2) is 39.5 Å². The van der Waals surface area contributed by atoms with Gasteiger partial charge in [0.1, 0.15) is 5.75 Å². The van der Waals surface area contributed by atoms with E-state index in [1.807, 2.05) is 0 Å². The summed E-state index contributed by atoms with van der Waals surface area (Å²) in [5, 5.41) is 2.58. The normalized spacial score (nSPS) is 12.3. The summed E-state index contributed by atoms with van der Waals surface area (Å²) < 4.78 is 37.0. The zero-order chi connectivity index (χ0) is 21.6. The van der Waals surface area contributed by atoms with Crippen molar-refractivity contribution in [3.8, 4) is 5.75 Å². The number of rotatable bonds is 8. The molecule has 1 amide bonds. The van der Waals surface area contributed by atoms with E-state index in [2.05, 4.69) is 10.0 Å². The molecule has 0 aliphatic rings. The van der Waals surface area contributed by atoms with Crippen molar-refractivity contribution >= 4 is 27.6 Å². The van der Waals surface area contributed by atoms with Gasteiger partial charge >= 0.3 is 5.97 Å². The molecule has 9 heteroatoms. The maximum atomic E-state index is 12.3. The van der Waals surface area contributed by atoms with Crippen LogP contribution >= 0.6 is 0 Å². The molecule has 0 aliphatic carbocycles. The lowest BCUT2D eigenvalue weighted by molar-refractivity contribution is -0.123. The second kappa shape index (κ2) is 9.53. The summed E-state index contributed by atoms with van der Waals surface area (Å²) in [7, 11) is -2.13. The van der Waals surface area contributed by atoms with Crippen LogP contribution in [0.15, 0.2) is 53.4 Å². The monoisotopic (exact) mass is 420 g/mol. The first-order valence-corrected chi connectivity index (χ1v) is 10.4. The number of esters is 1. The van der Waals surface area contributed by atoms with Crippen LogP contribution in [0.25, 0.3) is 0 Å². The fourth-order valence-corrected chi connectivity index (χ4v) is 3.62. The van der Waals surface area contributed by atoms with Crippen LogP contribution in [0.5, 0.6) is 5.75 Å². The maximum absolute atomic E-state index is 12.3. The minimum absolute atomic E-state index is 0.0849. The largest absolute Gasteiger partial charge is 0.497 e. The van der Waals surface area contributed by atoms with E-state index in [1.54, 1.807) is 32.0 Å². The number of sulfonamides is 1. The molecule has 0 aliphatic heterocycles. The van der Waals surface area contributed by atoms with Crippen LogP contribution < -0.4 is 14.8 Å². The van der Waals surface area contributed by atoms with Crippen molar-refractivity contribution in [1.82, 2.24) is 4.72 Å². The first-order chi connectivity index (χ1) is 13.6. The number of carbonyl (C=O) groups excluding carboxylic acids is 2. The zero-order valence-corrected chi connectivity index (χ0v) is 17.4. The number of ether oxygens (including phenoxy) is 2. The van der Waals surface area contributed by atoms with Crippen molar-refractivity contribution in [3.05, 3.63) is 54.1 Å². The topological polar surface area (TPSA) is 111 Å². The number of hydrogen-bond donors (Lipinski definition) is 2. The standard InChI is InChI=1S/C20H24N2O6S/c1-13(2)22-29(25,26)18-10-8-16(9-11-18)21-19(23)14(3)28-20(24)15-6-5-7-17(12-15)27-4/h5-14,22H,1-4H3,(H,21,23)/t14-/m1/s1. The molecule has 0 aromatic heterocycles. The third-order valence-electron chi connectivity index (χ3n) is 3.78. The minimum atomic E-state index is -3.62. The quantitative estimate of drug-likeness (QED) is 0.635. The molecule has 0 radical (unpaired) electrons. The summed E-state index contributed by atoms with van der Waals surface area (Å²) in [5.41, 5.74) is 0.638. The summed E-state index contributed by atoms with van der Waals surface area (Å²) in [6, 6.07) is 11.8. The number of carbonyl (C=O) groups is 2. The van der Waals surface area contributed by atoms with Crippen molar-refractivity contribution in [2.75, 3.05) is 12.4 Å². The Balaban J connectivity index is 1.99. The summed E-state index contributed by atoms with van der Waals surface area (Å²) in [6.07, 6.45) is -1.06. The summed E-state index contributed by atoms with van der Waals surface area (Å²) in [6.45, 7) is 4.89. The summed E-state index contributed by atoms with van der Waals surface area (Å²) in [4.78, 5) is 24.6. The average Bonchev–Trinajstić information content (AvgIpc) is 2.67. The fraction of sp³-hybridized carbons (Fsp3) is 0.300. The molecule has 0 heterocycles. The molecule has 2 N–H and O–H groups in total. The van der Waals surface area contributed by atoms with Crippen molar-refractivity contribution < 1.29 is 27.5 Å². The van der Waals surface area contributed by atoms with E-state index in [-0.39, 0.29) is 16.5 Å². The van der Waals surface area contributed by atoms with E-state index in [0.717, 1.165) is 0 Å². The van der Waals surface area contributed by atoms with E-state index in [0.29, 0.717) is 11.4 Å². The highest BCUT2D eigenvalue weighted by Gasteiger charge is 2.20. The van der Waals surface area contributed by atoms with Gasteiger partial charge in [0, 0.05) is 11.7 Å². The number of benzene rings is 2. The molecule has 2 rings (SSSR count). The Morgan fingerprint density at radius 2 is 1.66 bits per heavy atom. The molecule has 156 valence electrons. The lowest BCUT2D eigenvalue weighted by Gasteiger charge is -2.14. The molecule has 0 unspecified atom stereocenters. The van der Waals surface area contributed by atoms with E-state index >= 15 is 0 Å². The SMILES string of the molecule is COc1cccc(C(=O)O[C@H](C)C(=O)Nc2ccc(S(=O)(=O)NC(C)C)cc2)c1. The second-order valence-corrected chi connectivity index (χ2v) is 8.28. The molecule has 29 heavy (non-hydrogen) atoms. The highest BCUT2D eigenvalue weighted by molar-refractivity contribution is 7.89. The molecule has 0 saturated carbocycles. The average molecular weight is 420 g/mol. The van der Waals surface area contributed by atoms with Crippen LogP contribution in [-0.2, 0) is 19.6 Å². The number of nitrogens with one attached hydrogen (secondary N) is 2. The van der Waals surface area contributed by atoms with E-state index in [4.69, 9.17) is 9.47 Å². The third kappa shape index (κ3) is 6.30. The molecule has 0 bridgehead atoms. The van der Waals surface area contributed by atoms with Gasteiger partial charge in [0.25, 0.3) is 5.91 Å². The number of hydrogen-bond acceptors (Lipinski definition) is 6. The molecule has 2 aromatic carbocycles. The molecule has 2 aromatic rings. The van der Waals surface area contributed by atoms with Gasteiger partial charge in [-0.05, 0) is 63.2 Å². The van der Waals surface area contributed by atoms with Crippen molar-refractivity contribution in [2.45, 2.75) is 37.8 Å². The molecule has 0 saturated heterocycles. The van der Waals surface area contributed by atoms with Gasteiger partial charge in [0.15, 0.2) is 6.10 Å². The lowest BCUT2D eigenvalue weighted by atomic mass is 10.2. The van der Waals surface area contributed by atoms with Gasteiger partial charge in [-0.25, -0.2) is 17.9 Å². The van der Waals surface area contributed by atoms with Crippen LogP contribution in [0.3, 0.4) is 0 Å². The Hall–Kier alpha value is -2.91. The Kier molecular flexibility index (Phi) is 7.35. The van der Waals surface area contributed by atoms with Gasteiger partial charge in [-0.2, -0.15) is 0 Å². The summed E-state index contributed by atoms with van der Waals surface area (Å²) in [5.74, 6) is -0.705. The van der Waals surface area contributed by atoms with Gasteiger partial charge in [0.2, 0.25) is 10.0 Å². The Morgan fingerprint density at radius 3 is 2.24 bits per heavy atom. The fourth-order valence-electron chi connectivity index (χ4n) is 2.37. The van der Waals surface area contributed by atoms with Crippen LogP contribution in [0, 0.1) is 0 Å². The first kappa shape index (κ1) is 22.4. The Morgan fingerprint density at radius 1 is 1.00 bits per heavy atom. The predicted molar refractivity (Wildman–Crippen MR) is 108 cm³/mol. The number of amides is 1. The van der Waals surface area contributed by atoms with Gasteiger partial charge in [-0.3, -0.25) is 4.79 Å².